The first-order chi connectivity index (χ1) is 8.56. The van der Waals surface area contributed by atoms with E-state index in [4.69, 9.17) is 34.8 Å². The van der Waals surface area contributed by atoms with E-state index in [-0.39, 0.29) is 11.4 Å². The van der Waals surface area contributed by atoms with Gasteiger partial charge in [-0.05, 0) is 27.2 Å². The van der Waals surface area contributed by atoms with Crippen LogP contribution < -0.4 is 10.6 Å². The Kier molecular flexibility index (Phi) is 8.69. The van der Waals surface area contributed by atoms with Crippen LogP contribution in [0.25, 0.3) is 0 Å². The average Bonchev–Trinajstić information content (AvgIpc) is 2.20. The van der Waals surface area contributed by atoms with Gasteiger partial charge >= 0.3 is 0 Å². The molecule has 3 nitrogen and oxygen atoms in total. The Morgan fingerprint density at radius 2 is 1.68 bits per heavy atom. The van der Waals surface area contributed by atoms with E-state index in [1.807, 2.05) is 20.8 Å². The molecule has 0 aromatic heterocycles. The van der Waals surface area contributed by atoms with Crippen LogP contribution in [0.4, 0.5) is 0 Å². The average molecular weight is 332 g/mol. The lowest BCUT2D eigenvalue weighted by Crippen LogP contribution is -2.58. The van der Waals surface area contributed by atoms with E-state index in [9.17, 15) is 4.79 Å². The highest BCUT2D eigenvalue weighted by Crippen LogP contribution is 2.30. The molecule has 0 aliphatic carbocycles. The molecule has 1 unspecified atom stereocenters. The number of hydrogen-bond acceptors (Lipinski definition) is 2. The van der Waals surface area contributed by atoms with Gasteiger partial charge in [-0.1, -0.05) is 61.0 Å². The van der Waals surface area contributed by atoms with Crippen molar-refractivity contribution in [3.8, 4) is 0 Å². The number of hydrogen-bond donors (Lipinski definition) is 2. The second-order valence-electron chi connectivity index (χ2n) is 5.75. The molecule has 0 heterocycles. The Balaban J connectivity index is 4.29. The number of nitrogens with one attached hydrogen (secondary N) is 2. The van der Waals surface area contributed by atoms with Gasteiger partial charge < -0.3 is 5.32 Å². The number of carbonyl (C=O) groups is 1. The smallest absolute Gasteiger partial charge is 0.223 e. The standard InChI is InChI=1S/C13H25Cl3N2O/c1-5-6-7-8-9-10(19)17-11(13(14,15)16)18-12(2,3)4/h11,18H,5-9H2,1-4H3,(H,17,19). The Bertz CT molecular complexity index is 272. The van der Waals surface area contributed by atoms with Crippen molar-refractivity contribution in [2.24, 2.45) is 0 Å². The topological polar surface area (TPSA) is 41.1 Å². The van der Waals surface area contributed by atoms with E-state index < -0.39 is 9.96 Å². The maximum atomic E-state index is 11.8. The SMILES string of the molecule is CCCCCCC(=O)NC(NC(C)(C)C)C(Cl)(Cl)Cl. The van der Waals surface area contributed by atoms with Gasteiger partial charge in [0.25, 0.3) is 0 Å². The van der Waals surface area contributed by atoms with Gasteiger partial charge in [-0.25, -0.2) is 0 Å². The molecule has 0 spiro atoms. The molecular weight excluding hydrogens is 307 g/mol. The molecule has 0 aromatic carbocycles. The summed E-state index contributed by atoms with van der Waals surface area (Å²) in [4.78, 5) is 11.8. The fourth-order valence-electron chi connectivity index (χ4n) is 1.58. The molecule has 0 aromatic rings. The predicted molar refractivity (Wildman–Crippen MR) is 83.9 cm³/mol. The third-order valence-corrected chi connectivity index (χ3v) is 3.12. The second-order valence-corrected chi connectivity index (χ2v) is 8.12. The third kappa shape index (κ3) is 10.7. The number of halogens is 3. The van der Waals surface area contributed by atoms with Crippen molar-refractivity contribution in [2.75, 3.05) is 0 Å². The molecule has 0 aliphatic heterocycles. The summed E-state index contributed by atoms with van der Waals surface area (Å²) in [6, 6.07) is 0. The quantitative estimate of drug-likeness (QED) is 0.418. The van der Waals surface area contributed by atoms with Crippen molar-refractivity contribution in [1.29, 1.82) is 0 Å². The lowest BCUT2D eigenvalue weighted by Gasteiger charge is -2.33. The van der Waals surface area contributed by atoms with E-state index >= 15 is 0 Å². The summed E-state index contributed by atoms with van der Waals surface area (Å²) in [5.74, 6) is -0.0934. The zero-order chi connectivity index (χ0) is 15.1. The van der Waals surface area contributed by atoms with Crippen LogP contribution in [-0.4, -0.2) is 21.4 Å². The number of amides is 1. The molecule has 2 N–H and O–H groups in total. The van der Waals surface area contributed by atoms with Crippen LogP contribution in [0.15, 0.2) is 0 Å². The predicted octanol–water partition coefficient (Wildman–Crippen LogP) is 4.16. The fraction of sp³-hybridized carbons (Fsp3) is 0.923. The molecule has 6 heteroatoms. The molecular formula is C13H25Cl3N2O. The van der Waals surface area contributed by atoms with Gasteiger partial charge in [-0.15, -0.1) is 0 Å². The Morgan fingerprint density at radius 3 is 2.11 bits per heavy atom. The van der Waals surface area contributed by atoms with Crippen LogP contribution >= 0.6 is 34.8 Å². The molecule has 0 aliphatic rings. The molecule has 0 rings (SSSR count). The van der Waals surface area contributed by atoms with Crippen molar-refractivity contribution in [3.63, 3.8) is 0 Å². The van der Waals surface area contributed by atoms with Crippen LogP contribution in [0, 0.1) is 0 Å². The highest BCUT2D eigenvalue weighted by atomic mass is 35.6. The Hall–Kier alpha value is 0.300. The summed E-state index contributed by atoms with van der Waals surface area (Å²) in [5.41, 5.74) is -0.260. The van der Waals surface area contributed by atoms with E-state index in [0.29, 0.717) is 6.42 Å². The molecule has 114 valence electrons. The molecule has 0 saturated carbocycles. The lowest BCUT2D eigenvalue weighted by atomic mass is 10.1. The van der Waals surface area contributed by atoms with Crippen LogP contribution in [0.3, 0.4) is 0 Å². The summed E-state index contributed by atoms with van der Waals surface area (Å²) in [7, 11) is 0. The van der Waals surface area contributed by atoms with Crippen molar-refractivity contribution in [3.05, 3.63) is 0 Å². The summed E-state index contributed by atoms with van der Waals surface area (Å²) >= 11 is 17.7. The molecule has 1 atom stereocenters. The van der Waals surface area contributed by atoms with Crippen LogP contribution in [0.5, 0.6) is 0 Å². The molecule has 1 amide bonds. The van der Waals surface area contributed by atoms with E-state index in [0.717, 1.165) is 25.7 Å². The van der Waals surface area contributed by atoms with Gasteiger partial charge in [-0.2, -0.15) is 0 Å². The van der Waals surface area contributed by atoms with E-state index in [2.05, 4.69) is 17.6 Å². The summed E-state index contributed by atoms with van der Waals surface area (Å²) in [6.07, 6.45) is 3.96. The van der Waals surface area contributed by atoms with Gasteiger partial charge in [0.05, 0.1) is 0 Å². The zero-order valence-electron chi connectivity index (χ0n) is 12.2. The van der Waals surface area contributed by atoms with Crippen molar-refractivity contribution in [1.82, 2.24) is 10.6 Å². The normalized spacial score (nSPS) is 14.3. The molecule has 0 saturated heterocycles. The van der Waals surface area contributed by atoms with Gasteiger partial charge in [0.2, 0.25) is 9.70 Å². The number of rotatable bonds is 7. The van der Waals surface area contributed by atoms with E-state index in [1.165, 1.54) is 0 Å². The first-order valence-electron chi connectivity index (χ1n) is 6.70. The number of alkyl halides is 3. The number of unbranched alkanes of at least 4 members (excludes halogenated alkanes) is 3. The highest BCUT2D eigenvalue weighted by molar-refractivity contribution is 6.68. The van der Waals surface area contributed by atoms with Gasteiger partial charge in [0.15, 0.2) is 0 Å². The van der Waals surface area contributed by atoms with Crippen LogP contribution in [0.2, 0.25) is 0 Å². The van der Waals surface area contributed by atoms with Gasteiger partial charge in [0, 0.05) is 12.0 Å². The van der Waals surface area contributed by atoms with E-state index in [1.54, 1.807) is 0 Å². The summed E-state index contributed by atoms with van der Waals surface area (Å²) in [5, 5.41) is 5.85. The minimum absolute atomic E-state index is 0.0934. The highest BCUT2D eigenvalue weighted by Gasteiger charge is 2.36. The number of carbonyl (C=O) groups excluding carboxylic acids is 1. The Morgan fingerprint density at radius 1 is 1.11 bits per heavy atom. The minimum atomic E-state index is -1.58. The monoisotopic (exact) mass is 330 g/mol. The summed E-state index contributed by atoms with van der Waals surface area (Å²) in [6.45, 7) is 7.98. The molecule has 0 bridgehead atoms. The first-order valence-corrected chi connectivity index (χ1v) is 7.83. The fourth-order valence-corrected chi connectivity index (χ4v) is 1.91. The second kappa shape index (κ2) is 8.56. The largest absolute Gasteiger partial charge is 0.337 e. The molecule has 0 radical (unpaired) electrons. The first kappa shape index (κ1) is 19.3. The molecule has 19 heavy (non-hydrogen) atoms. The van der Waals surface area contributed by atoms with Gasteiger partial charge in [-0.3, -0.25) is 10.1 Å². The lowest BCUT2D eigenvalue weighted by molar-refractivity contribution is -0.122. The van der Waals surface area contributed by atoms with Gasteiger partial charge in [0.1, 0.15) is 6.17 Å². The van der Waals surface area contributed by atoms with Crippen LogP contribution in [-0.2, 0) is 4.79 Å². The van der Waals surface area contributed by atoms with Crippen molar-refractivity contribution < 1.29 is 4.79 Å². The third-order valence-electron chi connectivity index (χ3n) is 2.47. The van der Waals surface area contributed by atoms with Crippen molar-refractivity contribution >= 4 is 40.7 Å². The van der Waals surface area contributed by atoms with Crippen molar-refractivity contribution in [2.45, 2.75) is 75.3 Å². The van der Waals surface area contributed by atoms with Crippen LogP contribution in [0.1, 0.15) is 59.8 Å². The maximum absolute atomic E-state index is 11.8. The Labute approximate surface area is 131 Å². The molecule has 0 fully saturated rings. The minimum Gasteiger partial charge on any atom is -0.337 e. The zero-order valence-corrected chi connectivity index (χ0v) is 14.4. The maximum Gasteiger partial charge on any atom is 0.223 e. The summed E-state index contributed by atoms with van der Waals surface area (Å²) < 4.78 is -1.58.